The van der Waals surface area contributed by atoms with Crippen LogP contribution in [0.5, 0.6) is 0 Å². The Labute approximate surface area is 128 Å². The fourth-order valence-electron chi connectivity index (χ4n) is 1.53. The molecule has 3 N–H and O–H groups in total. The highest BCUT2D eigenvalue weighted by Gasteiger charge is 2.15. The third-order valence-electron chi connectivity index (χ3n) is 2.37. The van der Waals surface area contributed by atoms with Gasteiger partial charge in [-0.15, -0.1) is 0 Å². The Bertz CT molecular complexity index is 593. The maximum Gasteiger partial charge on any atom is 0.154 e. The molecule has 0 spiro atoms. The summed E-state index contributed by atoms with van der Waals surface area (Å²) >= 11 is 7.36. The quantitative estimate of drug-likeness (QED) is 0.837. The van der Waals surface area contributed by atoms with Crippen molar-refractivity contribution in [1.29, 1.82) is 0 Å². The van der Waals surface area contributed by atoms with E-state index in [0.29, 0.717) is 16.5 Å². The zero-order valence-electron chi connectivity index (χ0n) is 11.6. The molecule has 0 atom stereocenters. The Kier molecular flexibility index (Phi) is 4.40. The lowest BCUT2D eigenvalue weighted by Crippen LogP contribution is -2.27. The summed E-state index contributed by atoms with van der Waals surface area (Å²) in [5.74, 6) is 0.656. The standard InChI is InChI=1S/C14H17ClN4S/c1-14(2,3)19-12-11(16)13(18-8-17-12)20-10-6-4-9(15)5-7-10/h4-8H,16H2,1-3H3,(H,17,18,19). The van der Waals surface area contributed by atoms with E-state index in [1.54, 1.807) is 0 Å². The van der Waals surface area contributed by atoms with Crippen molar-refractivity contribution in [3.8, 4) is 0 Å². The molecule has 0 saturated carbocycles. The van der Waals surface area contributed by atoms with Gasteiger partial charge in [-0.3, -0.25) is 0 Å². The predicted molar refractivity (Wildman–Crippen MR) is 85.4 cm³/mol. The number of nitrogens with two attached hydrogens (primary N) is 1. The van der Waals surface area contributed by atoms with Crippen LogP contribution in [0.15, 0.2) is 40.5 Å². The first-order valence-corrected chi connectivity index (χ1v) is 7.37. The van der Waals surface area contributed by atoms with Gasteiger partial charge in [-0.05, 0) is 45.0 Å². The van der Waals surface area contributed by atoms with Crippen LogP contribution in [0.2, 0.25) is 5.02 Å². The fourth-order valence-corrected chi connectivity index (χ4v) is 2.46. The van der Waals surface area contributed by atoms with Crippen LogP contribution in [0.3, 0.4) is 0 Å². The third-order valence-corrected chi connectivity index (χ3v) is 3.65. The summed E-state index contributed by atoms with van der Waals surface area (Å²) in [7, 11) is 0. The molecule has 1 aromatic carbocycles. The molecule has 0 aliphatic rings. The number of nitrogens with zero attached hydrogens (tertiary/aromatic N) is 2. The van der Waals surface area contributed by atoms with E-state index in [1.165, 1.54) is 18.1 Å². The third kappa shape index (κ3) is 4.02. The first kappa shape index (κ1) is 14.9. The second-order valence-corrected chi connectivity index (χ2v) is 6.87. The molecule has 2 rings (SSSR count). The van der Waals surface area contributed by atoms with Crippen molar-refractivity contribution in [1.82, 2.24) is 9.97 Å². The van der Waals surface area contributed by atoms with Crippen molar-refractivity contribution < 1.29 is 0 Å². The molecule has 0 aliphatic carbocycles. The molecule has 6 heteroatoms. The van der Waals surface area contributed by atoms with E-state index in [4.69, 9.17) is 17.3 Å². The van der Waals surface area contributed by atoms with Gasteiger partial charge in [0, 0.05) is 15.5 Å². The maximum absolute atomic E-state index is 6.13. The Morgan fingerprint density at radius 1 is 1.15 bits per heavy atom. The largest absolute Gasteiger partial charge is 0.394 e. The van der Waals surface area contributed by atoms with E-state index in [0.717, 1.165) is 9.92 Å². The number of aromatic nitrogens is 2. The van der Waals surface area contributed by atoms with Crippen LogP contribution in [0.4, 0.5) is 11.5 Å². The molecule has 0 unspecified atom stereocenters. The molecule has 0 amide bonds. The topological polar surface area (TPSA) is 63.8 Å². The van der Waals surface area contributed by atoms with E-state index in [1.807, 2.05) is 24.3 Å². The lowest BCUT2D eigenvalue weighted by Gasteiger charge is -2.22. The molecule has 0 bridgehead atoms. The van der Waals surface area contributed by atoms with Crippen LogP contribution in [0, 0.1) is 0 Å². The van der Waals surface area contributed by atoms with Crippen LogP contribution in [-0.4, -0.2) is 15.5 Å². The average molecular weight is 309 g/mol. The lowest BCUT2D eigenvalue weighted by molar-refractivity contribution is 0.630. The van der Waals surface area contributed by atoms with Gasteiger partial charge in [-0.2, -0.15) is 0 Å². The molecule has 2 aromatic rings. The predicted octanol–water partition coefficient (Wildman–Crippen LogP) is 4.07. The minimum Gasteiger partial charge on any atom is -0.394 e. The second kappa shape index (κ2) is 5.89. The van der Waals surface area contributed by atoms with Gasteiger partial charge in [-0.1, -0.05) is 23.4 Å². The van der Waals surface area contributed by atoms with Crippen LogP contribution >= 0.6 is 23.4 Å². The highest BCUT2D eigenvalue weighted by atomic mass is 35.5. The monoisotopic (exact) mass is 308 g/mol. The van der Waals surface area contributed by atoms with E-state index in [9.17, 15) is 0 Å². The summed E-state index contributed by atoms with van der Waals surface area (Å²) in [4.78, 5) is 9.47. The molecule has 1 heterocycles. The van der Waals surface area contributed by atoms with Crippen molar-refractivity contribution in [3.63, 3.8) is 0 Å². The highest BCUT2D eigenvalue weighted by Crippen LogP contribution is 2.34. The van der Waals surface area contributed by atoms with Gasteiger partial charge in [-0.25, -0.2) is 9.97 Å². The molecular weight excluding hydrogens is 292 g/mol. The van der Waals surface area contributed by atoms with Gasteiger partial charge in [0.25, 0.3) is 0 Å². The SMILES string of the molecule is CC(C)(C)Nc1ncnc(Sc2ccc(Cl)cc2)c1N. The van der Waals surface area contributed by atoms with Crippen molar-refractivity contribution in [2.24, 2.45) is 0 Å². The van der Waals surface area contributed by atoms with Gasteiger partial charge in [0.15, 0.2) is 5.82 Å². The Morgan fingerprint density at radius 3 is 2.40 bits per heavy atom. The molecule has 1 aromatic heterocycles. The zero-order valence-corrected chi connectivity index (χ0v) is 13.2. The lowest BCUT2D eigenvalue weighted by atomic mass is 10.1. The highest BCUT2D eigenvalue weighted by molar-refractivity contribution is 7.99. The fraction of sp³-hybridized carbons (Fsp3) is 0.286. The molecule has 106 valence electrons. The minimum atomic E-state index is -0.106. The number of nitrogen functional groups attached to an aromatic ring is 1. The van der Waals surface area contributed by atoms with Gasteiger partial charge >= 0.3 is 0 Å². The maximum atomic E-state index is 6.13. The molecule has 0 aliphatic heterocycles. The number of halogens is 1. The summed E-state index contributed by atoms with van der Waals surface area (Å²) in [6.07, 6.45) is 1.52. The summed E-state index contributed by atoms with van der Waals surface area (Å²) in [6, 6.07) is 7.56. The van der Waals surface area contributed by atoms with Crippen LogP contribution in [0.25, 0.3) is 0 Å². The van der Waals surface area contributed by atoms with E-state index in [2.05, 4.69) is 36.1 Å². The minimum absolute atomic E-state index is 0.106. The first-order valence-electron chi connectivity index (χ1n) is 6.17. The Balaban J connectivity index is 2.24. The van der Waals surface area contributed by atoms with E-state index in [-0.39, 0.29) is 5.54 Å². The van der Waals surface area contributed by atoms with Gasteiger partial charge in [0.1, 0.15) is 17.0 Å². The molecule has 20 heavy (non-hydrogen) atoms. The second-order valence-electron chi connectivity index (χ2n) is 5.37. The molecular formula is C14H17ClN4S. The van der Waals surface area contributed by atoms with Crippen molar-refractivity contribution >= 4 is 34.9 Å². The van der Waals surface area contributed by atoms with Crippen molar-refractivity contribution in [2.45, 2.75) is 36.2 Å². The van der Waals surface area contributed by atoms with Gasteiger partial charge < -0.3 is 11.1 Å². The average Bonchev–Trinajstić information content (AvgIpc) is 2.35. The summed E-state index contributed by atoms with van der Waals surface area (Å²) < 4.78 is 0. The van der Waals surface area contributed by atoms with E-state index >= 15 is 0 Å². The number of hydrogen-bond donors (Lipinski definition) is 2. The number of hydrogen-bond acceptors (Lipinski definition) is 5. The van der Waals surface area contributed by atoms with Gasteiger partial charge in [0.2, 0.25) is 0 Å². The number of nitrogens with one attached hydrogen (secondary N) is 1. The Hall–Kier alpha value is -1.46. The zero-order chi connectivity index (χ0) is 14.8. The van der Waals surface area contributed by atoms with Crippen LogP contribution in [0.1, 0.15) is 20.8 Å². The van der Waals surface area contributed by atoms with Crippen molar-refractivity contribution in [2.75, 3.05) is 11.1 Å². The molecule has 0 radical (unpaired) electrons. The van der Waals surface area contributed by atoms with Crippen LogP contribution < -0.4 is 11.1 Å². The summed E-state index contributed by atoms with van der Waals surface area (Å²) in [5.41, 5.74) is 6.59. The summed E-state index contributed by atoms with van der Waals surface area (Å²) in [6.45, 7) is 6.17. The van der Waals surface area contributed by atoms with Crippen molar-refractivity contribution in [3.05, 3.63) is 35.6 Å². The normalized spacial score (nSPS) is 11.4. The summed E-state index contributed by atoms with van der Waals surface area (Å²) in [5, 5.41) is 4.71. The number of anilines is 2. The van der Waals surface area contributed by atoms with Crippen LogP contribution in [-0.2, 0) is 0 Å². The van der Waals surface area contributed by atoms with E-state index < -0.39 is 0 Å². The molecule has 4 nitrogen and oxygen atoms in total. The molecule has 0 saturated heterocycles. The molecule has 0 fully saturated rings. The first-order chi connectivity index (χ1) is 9.35. The van der Waals surface area contributed by atoms with Gasteiger partial charge in [0.05, 0.1) is 0 Å². The number of benzene rings is 1. The smallest absolute Gasteiger partial charge is 0.154 e. The Morgan fingerprint density at radius 2 is 1.80 bits per heavy atom. The number of rotatable bonds is 3.